The molecule has 16 heavy (non-hydrogen) atoms. The predicted molar refractivity (Wildman–Crippen MR) is 68.8 cm³/mol. The standard InChI is InChI=1S/C11H22ClNO2S/c1-9(2)16(14,15)7-6-13-8-10-4-3-5-11(10)12/h9-11,13H,3-8H2,1-2H3. The van der Waals surface area contributed by atoms with E-state index < -0.39 is 9.84 Å². The lowest BCUT2D eigenvalue weighted by molar-refractivity contribution is 0.501. The Kier molecular flexibility index (Phi) is 5.54. The van der Waals surface area contributed by atoms with Gasteiger partial charge in [-0.15, -0.1) is 11.6 Å². The average molecular weight is 268 g/mol. The van der Waals surface area contributed by atoms with E-state index in [1.165, 1.54) is 6.42 Å². The summed E-state index contributed by atoms with van der Waals surface area (Å²) in [5.41, 5.74) is 0. The van der Waals surface area contributed by atoms with E-state index >= 15 is 0 Å². The molecule has 1 saturated carbocycles. The summed E-state index contributed by atoms with van der Waals surface area (Å²) in [6.45, 7) is 4.84. The van der Waals surface area contributed by atoms with Crippen LogP contribution in [0.2, 0.25) is 0 Å². The average Bonchev–Trinajstić information content (AvgIpc) is 2.59. The molecule has 0 amide bonds. The molecule has 0 heterocycles. The fourth-order valence-electron chi connectivity index (χ4n) is 1.96. The molecule has 1 aliphatic carbocycles. The van der Waals surface area contributed by atoms with Gasteiger partial charge in [-0.1, -0.05) is 6.42 Å². The first-order valence-electron chi connectivity index (χ1n) is 6.00. The highest BCUT2D eigenvalue weighted by molar-refractivity contribution is 7.92. The molecule has 5 heteroatoms. The van der Waals surface area contributed by atoms with Crippen LogP contribution in [0, 0.1) is 5.92 Å². The highest BCUT2D eigenvalue weighted by atomic mass is 35.5. The van der Waals surface area contributed by atoms with Crippen molar-refractivity contribution in [1.29, 1.82) is 0 Å². The van der Waals surface area contributed by atoms with Crippen molar-refractivity contribution in [2.24, 2.45) is 5.92 Å². The monoisotopic (exact) mass is 267 g/mol. The Morgan fingerprint density at radius 1 is 1.38 bits per heavy atom. The molecule has 0 aromatic carbocycles. The van der Waals surface area contributed by atoms with E-state index in [2.05, 4.69) is 5.32 Å². The van der Waals surface area contributed by atoms with Gasteiger partial charge in [0.1, 0.15) is 0 Å². The van der Waals surface area contributed by atoms with Gasteiger partial charge in [0.25, 0.3) is 0 Å². The van der Waals surface area contributed by atoms with Crippen molar-refractivity contribution >= 4 is 21.4 Å². The third kappa shape index (κ3) is 4.22. The summed E-state index contributed by atoms with van der Waals surface area (Å²) in [5, 5.41) is 3.20. The Hall–Kier alpha value is 0.200. The Labute approximate surface area is 104 Å². The van der Waals surface area contributed by atoms with Gasteiger partial charge < -0.3 is 5.32 Å². The Morgan fingerprint density at radius 2 is 2.06 bits per heavy atom. The minimum Gasteiger partial charge on any atom is -0.315 e. The molecule has 0 aromatic rings. The van der Waals surface area contributed by atoms with Crippen molar-refractivity contribution in [3.63, 3.8) is 0 Å². The Morgan fingerprint density at radius 3 is 2.56 bits per heavy atom. The van der Waals surface area contributed by atoms with Gasteiger partial charge in [0.15, 0.2) is 9.84 Å². The fraction of sp³-hybridized carbons (Fsp3) is 1.00. The van der Waals surface area contributed by atoms with E-state index in [1.54, 1.807) is 13.8 Å². The number of alkyl halides is 1. The van der Waals surface area contributed by atoms with Crippen molar-refractivity contribution in [1.82, 2.24) is 5.32 Å². The van der Waals surface area contributed by atoms with Gasteiger partial charge in [0.05, 0.1) is 11.0 Å². The number of nitrogens with one attached hydrogen (secondary N) is 1. The molecule has 0 bridgehead atoms. The summed E-state index contributed by atoms with van der Waals surface area (Å²) in [7, 11) is -2.90. The molecule has 0 aliphatic heterocycles. The second kappa shape index (κ2) is 6.22. The Bertz CT molecular complexity index is 303. The minimum absolute atomic E-state index is 0.227. The third-order valence-corrected chi connectivity index (χ3v) is 6.04. The van der Waals surface area contributed by atoms with Crippen molar-refractivity contribution in [3.8, 4) is 0 Å². The van der Waals surface area contributed by atoms with E-state index in [-0.39, 0.29) is 16.4 Å². The summed E-state index contributed by atoms with van der Waals surface area (Å²) < 4.78 is 23.0. The molecular formula is C11H22ClNO2S. The van der Waals surface area contributed by atoms with Crippen LogP contribution in [0.3, 0.4) is 0 Å². The van der Waals surface area contributed by atoms with Gasteiger partial charge in [-0.25, -0.2) is 8.42 Å². The van der Waals surface area contributed by atoms with Crippen LogP contribution < -0.4 is 5.32 Å². The van der Waals surface area contributed by atoms with Gasteiger partial charge in [-0.2, -0.15) is 0 Å². The number of hydrogen-bond acceptors (Lipinski definition) is 3. The predicted octanol–water partition coefficient (Wildman–Crippen LogP) is 1.81. The first kappa shape index (κ1) is 14.3. The number of halogens is 1. The Balaban J connectivity index is 2.17. The summed E-state index contributed by atoms with van der Waals surface area (Å²) in [5.74, 6) is 0.744. The summed E-state index contributed by atoms with van der Waals surface area (Å²) in [6.07, 6.45) is 3.46. The molecule has 0 radical (unpaired) electrons. The van der Waals surface area contributed by atoms with E-state index in [4.69, 9.17) is 11.6 Å². The van der Waals surface area contributed by atoms with Crippen LogP contribution in [0.25, 0.3) is 0 Å². The van der Waals surface area contributed by atoms with Gasteiger partial charge in [-0.3, -0.25) is 0 Å². The second-order valence-electron chi connectivity index (χ2n) is 4.83. The van der Waals surface area contributed by atoms with Crippen LogP contribution in [-0.2, 0) is 9.84 Å². The lowest BCUT2D eigenvalue weighted by Gasteiger charge is -2.15. The molecule has 0 aromatic heterocycles. The summed E-state index contributed by atoms with van der Waals surface area (Å²) in [6, 6.07) is 0. The van der Waals surface area contributed by atoms with Crippen molar-refractivity contribution in [2.45, 2.75) is 43.7 Å². The lowest BCUT2D eigenvalue weighted by atomic mass is 10.1. The molecular weight excluding hydrogens is 246 g/mol. The third-order valence-electron chi connectivity index (χ3n) is 3.25. The minimum atomic E-state index is -2.90. The summed E-state index contributed by atoms with van der Waals surface area (Å²) >= 11 is 6.14. The van der Waals surface area contributed by atoms with Crippen LogP contribution >= 0.6 is 11.6 Å². The van der Waals surface area contributed by atoms with E-state index in [0.29, 0.717) is 12.5 Å². The van der Waals surface area contributed by atoms with Gasteiger partial charge in [0.2, 0.25) is 0 Å². The maximum atomic E-state index is 11.5. The maximum absolute atomic E-state index is 11.5. The quantitative estimate of drug-likeness (QED) is 0.590. The van der Waals surface area contributed by atoms with Crippen LogP contribution in [0.4, 0.5) is 0 Å². The molecule has 1 N–H and O–H groups in total. The van der Waals surface area contributed by atoms with Crippen LogP contribution in [0.5, 0.6) is 0 Å². The SMILES string of the molecule is CC(C)S(=O)(=O)CCNCC1CCCC1Cl. The van der Waals surface area contributed by atoms with E-state index in [9.17, 15) is 8.42 Å². The second-order valence-corrected chi connectivity index (χ2v) is 8.06. The van der Waals surface area contributed by atoms with Crippen molar-refractivity contribution in [3.05, 3.63) is 0 Å². The zero-order valence-corrected chi connectivity index (χ0v) is 11.6. The lowest BCUT2D eigenvalue weighted by Crippen LogP contribution is -2.31. The van der Waals surface area contributed by atoms with Crippen LogP contribution in [0.15, 0.2) is 0 Å². The number of sulfone groups is 1. The number of hydrogen-bond donors (Lipinski definition) is 1. The number of rotatable bonds is 6. The van der Waals surface area contributed by atoms with Crippen LogP contribution in [-0.4, -0.2) is 37.9 Å². The molecule has 0 spiro atoms. The zero-order chi connectivity index (χ0) is 12.2. The molecule has 0 saturated heterocycles. The molecule has 3 nitrogen and oxygen atoms in total. The molecule has 1 fully saturated rings. The largest absolute Gasteiger partial charge is 0.315 e. The molecule has 2 unspecified atom stereocenters. The molecule has 1 rings (SSSR count). The first-order chi connectivity index (χ1) is 7.43. The maximum Gasteiger partial charge on any atom is 0.153 e. The highest BCUT2D eigenvalue weighted by Gasteiger charge is 2.24. The normalized spacial score (nSPS) is 26.5. The molecule has 1 aliphatic rings. The zero-order valence-electron chi connectivity index (χ0n) is 10.1. The molecule has 2 atom stereocenters. The highest BCUT2D eigenvalue weighted by Crippen LogP contribution is 2.29. The van der Waals surface area contributed by atoms with Gasteiger partial charge in [-0.05, 0) is 39.2 Å². The fourth-order valence-corrected chi connectivity index (χ4v) is 3.23. The van der Waals surface area contributed by atoms with Crippen LogP contribution in [0.1, 0.15) is 33.1 Å². The van der Waals surface area contributed by atoms with Crippen molar-refractivity contribution in [2.75, 3.05) is 18.8 Å². The van der Waals surface area contributed by atoms with E-state index in [1.807, 2.05) is 0 Å². The van der Waals surface area contributed by atoms with E-state index in [0.717, 1.165) is 19.4 Å². The topological polar surface area (TPSA) is 46.2 Å². The van der Waals surface area contributed by atoms with Gasteiger partial charge in [0, 0.05) is 11.9 Å². The first-order valence-corrected chi connectivity index (χ1v) is 8.15. The molecule has 96 valence electrons. The summed E-state index contributed by atoms with van der Waals surface area (Å²) in [4.78, 5) is 0. The van der Waals surface area contributed by atoms with Crippen molar-refractivity contribution < 1.29 is 8.42 Å². The smallest absolute Gasteiger partial charge is 0.153 e. The van der Waals surface area contributed by atoms with Gasteiger partial charge >= 0.3 is 0 Å².